The van der Waals surface area contributed by atoms with Crippen molar-refractivity contribution in [1.82, 2.24) is 0 Å². The third-order valence-corrected chi connectivity index (χ3v) is 5.09. The lowest BCUT2D eigenvalue weighted by atomic mass is 10.0. The van der Waals surface area contributed by atoms with Crippen LogP contribution in [0.1, 0.15) is 22.8 Å². The van der Waals surface area contributed by atoms with Gasteiger partial charge < -0.3 is 15.4 Å². The quantitative estimate of drug-likeness (QED) is 0.342. The first kappa shape index (κ1) is 21.8. The monoisotopic (exact) mass is 436 g/mol. The van der Waals surface area contributed by atoms with Gasteiger partial charge in [0.25, 0.3) is 5.91 Å². The van der Waals surface area contributed by atoms with E-state index in [0.29, 0.717) is 23.5 Å². The third-order valence-electron chi connectivity index (χ3n) is 5.09. The first-order chi connectivity index (χ1) is 16.1. The largest absolute Gasteiger partial charge is 0.494 e. The molecule has 0 radical (unpaired) electrons. The summed E-state index contributed by atoms with van der Waals surface area (Å²) in [5.74, 6) is 0.110. The molecule has 4 aromatic carbocycles. The van der Waals surface area contributed by atoms with E-state index in [0.717, 1.165) is 22.1 Å². The lowest BCUT2D eigenvalue weighted by Gasteiger charge is -2.11. The summed E-state index contributed by atoms with van der Waals surface area (Å²) in [7, 11) is 0. The molecule has 2 N–H and O–H groups in total. The van der Waals surface area contributed by atoms with Gasteiger partial charge in [0.05, 0.1) is 17.9 Å². The molecule has 0 saturated heterocycles. The van der Waals surface area contributed by atoms with Crippen LogP contribution in [0, 0.1) is 0 Å². The number of fused-ring (bicyclic) bond motifs is 1. The molecule has 2 amide bonds. The summed E-state index contributed by atoms with van der Waals surface area (Å²) < 4.78 is 5.43. The molecule has 0 spiro atoms. The number of anilines is 2. The van der Waals surface area contributed by atoms with E-state index in [1.54, 1.807) is 54.6 Å². The number of carbonyl (C=O) groups is 2. The average Bonchev–Trinajstić information content (AvgIpc) is 2.84. The molecular weight excluding hydrogens is 412 g/mol. The van der Waals surface area contributed by atoms with Crippen LogP contribution in [0.2, 0.25) is 0 Å². The Kier molecular flexibility index (Phi) is 6.81. The molecule has 0 unspecified atom stereocenters. The van der Waals surface area contributed by atoms with E-state index in [-0.39, 0.29) is 11.8 Å². The maximum atomic E-state index is 12.8. The smallest absolute Gasteiger partial charge is 0.257 e. The van der Waals surface area contributed by atoms with Crippen LogP contribution >= 0.6 is 0 Å². The van der Waals surface area contributed by atoms with Gasteiger partial charge in [0.15, 0.2) is 0 Å². The topological polar surface area (TPSA) is 67.4 Å². The lowest BCUT2D eigenvalue weighted by Crippen LogP contribution is -2.17. The fraction of sp³-hybridized carbons (Fsp3) is 0.0714. The zero-order valence-electron chi connectivity index (χ0n) is 18.2. The van der Waals surface area contributed by atoms with Crippen molar-refractivity contribution in [2.45, 2.75) is 6.92 Å². The molecular formula is C28H24N2O3. The fourth-order valence-electron chi connectivity index (χ4n) is 3.53. The molecule has 33 heavy (non-hydrogen) atoms. The summed E-state index contributed by atoms with van der Waals surface area (Å²) in [6.45, 7) is 2.49. The van der Waals surface area contributed by atoms with Crippen LogP contribution in [0.5, 0.6) is 5.75 Å². The Morgan fingerprint density at radius 1 is 0.818 bits per heavy atom. The van der Waals surface area contributed by atoms with Gasteiger partial charge in [-0.05, 0) is 65.7 Å². The van der Waals surface area contributed by atoms with E-state index < -0.39 is 0 Å². The Morgan fingerprint density at radius 3 is 2.36 bits per heavy atom. The highest BCUT2D eigenvalue weighted by molar-refractivity contribution is 6.12. The van der Waals surface area contributed by atoms with Crippen LogP contribution in [0.4, 0.5) is 11.4 Å². The predicted octanol–water partition coefficient (Wildman–Crippen LogP) is 6.14. The van der Waals surface area contributed by atoms with Crippen molar-refractivity contribution in [2.75, 3.05) is 17.2 Å². The second kappa shape index (κ2) is 10.3. The number of nitrogens with one attached hydrogen (secondary N) is 2. The van der Waals surface area contributed by atoms with Crippen LogP contribution in [0.15, 0.2) is 97.1 Å². The Morgan fingerprint density at radius 2 is 1.55 bits per heavy atom. The number of carbonyl (C=O) groups excluding carboxylic acids is 2. The van der Waals surface area contributed by atoms with Crippen molar-refractivity contribution in [1.29, 1.82) is 0 Å². The summed E-state index contributed by atoms with van der Waals surface area (Å²) in [6.07, 6.45) is 3.25. The predicted molar refractivity (Wildman–Crippen MR) is 134 cm³/mol. The Hall–Kier alpha value is -4.38. The second-order valence-corrected chi connectivity index (χ2v) is 7.35. The number of ether oxygens (including phenoxy) is 1. The maximum absolute atomic E-state index is 12.8. The van der Waals surface area contributed by atoms with Gasteiger partial charge >= 0.3 is 0 Å². The molecule has 5 heteroatoms. The van der Waals surface area contributed by atoms with Gasteiger partial charge in [-0.1, -0.05) is 54.6 Å². The van der Waals surface area contributed by atoms with Gasteiger partial charge in [-0.15, -0.1) is 0 Å². The minimum Gasteiger partial charge on any atom is -0.494 e. The van der Waals surface area contributed by atoms with Crippen molar-refractivity contribution in [3.63, 3.8) is 0 Å². The molecule has 0 heterocycles. The normalized spacial score (nSPS) is 10.8. The van der Waals surface area contributed by atoms with Gasteiger partial charge in [-0.25, -0.2) is 0 Å². The standard InChI is InChI=1S/C28H24N2O3/c1-2-33-23-17-15-22(16-18-23)29-28(32)25-12-5-6-13-26(25)30-27(31)19-14-21-10-7-9-20-8-3-4-11-24(20)21/h3-19H,2H2,1H3,(H,29,32)(H,30,31)/b19-14+. The molecule has 0 atom stereocenters. The average molecular weight is 437 g/mol. The minimum absolute atomic E-state index is 0.312. The summed E-state index contributed by atoms with van der Waals surface area (Å²) in [4.78, 5) is 25.5. The van der Waals surface area contributed by atoms with Crippen LogP contribution < -0.4 is 15.4 Å². The van der Waals surface area contributed by atoms with E-state index in [4.69, 9.17) is 4.74 Å². The summed E-state index contributed by atoms with van der Waals surface area (Å²) in [5.41, 5.74) is 2.40. The van der Waals surface area contributed by atoms with E-state index >= 15 is 0 Å². The van der Waals surface area contributed by atoms with Crippen LogP contribution in [-0.4, -0.2) is 18.4 Å². The van der Waals surface area contributed by atoms with Crippen molar-refractivity contribution in [3.05, 3.63) is 108 Å². The van der Waals surface area contributed by atoms with Crippen molar-refractivity contribution >= 4 is 40.0 Å². The molecule has 164 valence electrons. The molecule has 4 aromatic rings. The molecule has 4 rings (SSSR count). The van der Waals surface area contributed by atoms with Gasteiger partial charge in [0, 0.05) is 11.8 Å². The van der Waals surface area contributed by atoms with Crippen LogP contribution in [0.3, 0.4) is 0 Å². The number of para-hydroxylation sites is 1. The molecule has 0 fully saturated rings. The van der Waals surface area contributed by atoms with Gasteiger partial charge in [-0.3, -0.25) is 9.59 Å². The van der Waals surface area contributed by atoms with E-state index in [1.807, 2.05) is 49.4 Å². The minimum atomic E-state index is -0.316. The van der Waals surface area contributed by atoms with Gasteiger partial charge in [0.2, 0.25) is 5.91 Å². The summed E-state index contributed by atoms with van der Waals surface area (Å²) in [5, 5.41) is 7.85. The molecule has 0 saturated carbocycles. The molecule has 0 aliphatic heterocycles. The highest BCUT2D eigenvalue weighted by Gasteiger charge is 2.13. The third kappa shape index (κ3) is 5.46. The number of rotatable bonds is 7. The molecule has 0 bridgehead atoms. The number of benzene rings is 4. The van der Waals surface area contributed by atoms with Gasteiger partial charge in [0.1, 0.15) is 5.75 Å². The van der Waals surface area contributed by atoms with Crippen molar-refractivity contribution < 1.29 is 14.3 Å². The van der Waals surface area contributed by atoms with Crippen molar-refractivity contribution in [3.8, 4) is 5.75 Å². The highest BCUT2D eigenvalue weighted by Crippen LogP contribution is 2.21. The SMILES string of the molecule is CCOc1ccc(NC(=O)c2ccccc2NC(=O)/C=C/c2cccc3ccccc23)cc1. The van der Waals surface area contributed by atoms with Crippen LogP contribution in [0.25, 0.3) is 16.8 Å². The lowest BCUT2D eigenvalue weighted by molar-refractivity contribution is -0.111. The van der Waals surface area contributed by atoms with E-state index in [1.165, 1.54) is 6.08 Å². The molecule has 0 aliphatic carbocycles. The second-order valence-electron chi connectivity index (χ2n) is 7.35. The van der Waals surface area contributed by atoms with Crippen LogP contribution in [-0.2, 0) is 4.79 Å². The summed E-state index contributed by atoms with van der Waals surface area (Å²) in [6, 6.07) is 28.0. The highest BCUT2D eigenvalue weighted by atomic mass is 16.5. The maximum Gasteiger partial charge on any atom is 0.257 e. The first-order valence-electron chi connectivity index (χ1n) is 10.7. The zero-order chi connectivity index (χ0) is 23.0. The zero-order valence-corrected chi connectivity index (χ0v) is 18.2. The van der Waals surface area contributed by atoms with Crippen molar-refractivity contribution in [2.24, 2.45) is 0 Å². The molecule has 5 nitrogen and oxygen atoms in total. The first-order valence-corrected chi connectivity index (χ1v) is 10.7. The fourth-order valence-corrected chi connectivity index (χ4v) is 3.53. The Balaban J connectivity index is 1.47. The number of hydrogen-bond donors (Lipinski definition) is 2. The molecule has 0 aromatic heterocycles. The molecule has 0 aliphatic rings. The Bertz CT molecular complexity index is 1310. The Labute approximate surface area is 192 Å². The van der Waals surface area contributed by atoms with E-state index in [9.17, 15) is 9.59 Å². The van der Waals surface area contributed by atoms with E-state index in [2.05, 4.69) is 10.6 Å². The number of hydrogen-bond acceptors (Lipinski definition) is 3. The summed E-state index contributed by atoms with van der Waals surface area (Å²) >= 11 is 0. The number of amides is 2. The van der Waals surface area contributed by atoms with Gasteiger partial charge in [-0.2, -0.15) is 0 Å².